The number of methoxy groups -OCH3 is 1. The topological polar surface area (TPSA) is 49.8 Å². The van der Waals surface area contributed by atoms with Crippen LogP contribution in [0.3, 0.4) is 0 Å². The zero-order valence-corrected chi connectivity index (χ0v) is 12.8. The minimum Gasteiger partial charge on any atom is -0.478 e. The highest BCUT2D eigenvalue weighted by atomic mass is 79.9. The standard InChI is InChI=1S/C14H18BrNO3/c1-10(9-19-3)16(2)13-6-5-12(15)8-11(13)4-7-14(17)18/h4-8,10H,9H2,1-3H3,(H,17,18)/b7-4+. The van der Waals surface area contributed by atoms with Gasteiger partial charge in [0, 0.05) is 36.4 Å². The molecule has 0 aliphatic rings. The number of halogens is 1. The molecule has 0 spiro atoms. The molecule has 1 aromatic carbocycles. The van der Waals surface area contributed by atoms with E-state index in [1.807, 2.05) is 25.2 Å². The Bertz CT molecular complexity index is 474. The van der Waals surface area contributed by atoms with Gasteiger partial charge in [-0.2, -0.15) is 0 Å². The van der Waals surface area contributed by atoms with Crippen LogP contribution >= 0.6 is 15.9 Å². The summed E-state index contributed by atoms with van der Waals surface area (Å²) in [7, 11) is 3.63. The molecule has 0 fully saturated rings. The van der Waals surface area contributed by atoms with Crippen molar-refractivity contribution in [3.8, 4) is 0 Å². The second-order valence-electron chi connectivity index (χ2n) is 4.29. The van der Waals surface area contributed by atoms with Crippen molar-refractivity contribution in [3.63, 3.8) is 0 Å². The van der Waals surface area contributed by atoms with E-state index in [1.54, 1.807) is 13.2 Å². The first kappa shape index (κ1) is 15.7. The molecule has 0 aliphatic heterocycles. The third-order valence-corrected chi connectivity index (χ3v) is 3.34. The molecule has 0 aliphatic carbocycles. The molecule has 104 valence electrons. The van der Waals surface area contributed by atoms with Gasteiger partial charge in [-0.25, -0.2) is 4.79 Å². The quantitative estimate of drug-likeness (QED) is 0.816. The summed E-state index contributed by atoms with van der Waals surface area (Å²) in [5, 5.41) is 8.73. The molecular formula is C14H18BrNO3. The number of likely N-dealkylation sites (N-methyl/N-ethyl adjacent to an activating group) is 1. The summed E-state index contributed by atoms with van der Waals surface area (Å²) < 4.78 is 6.06. The third-order valence-electron chi connectivity index (χ3n) is 2.84. The lowest BCUT2D eigenvalue weighted by Crippen LogP contribution is -2.33. The Hall–Kier alpha value is -1.33. The van der Waals surface area contributed by atoms with Gasteiger partial charge in [0.25, 0.3) is 0 Å². The van der Waals surface area contributed by atoms with Crippen LogP contribution in [-0.4, -0.2) is 37.9 Å². The molecule has 1 aromatic rings. The highest BCUT2D eigenvalue weighted by Crippen LogP contribution is 2.26. The Morgan fingerprint density at radius 3 is 2.84 bits per heavy atom. The van der Waals surface area contributed by atoms with Gasteiger partial charge in [0.1, 0.15) is 0 Å². The molecule has 4 nitrogen and oxygen atoms in total. The van der Waals surface area contributed by atoms with Crippen LogP contribution < -0.4 is 4.90 Å². The van der Waals surface area contributed by atoms with Crippen molar-refractivity contribution >= 4 is 33.7 Å². The van der Waals surface area contributed by atoms with Crippen molar-refractivity contribution in [2.45, 2.75) is 13.0 Å². The van der Waals surface area contributed by atoms with Crippen LogP contribution in [-0.2, 0) is 9.53 Å². The van der Waals surface area contributed by atoms with Crippen LogP contribution in [0.2, 0.25) is 0 Å². The number of anilines is 1. The van der Waals surface area contributed by atoms with Gasteiger partial charge < -0.3 is 14.7 Å². The van der Waals surface area contributed by atoms with E-state index in [9.17, 15) is 4.79 Å². The summed E-state index contributed by atoms with van der Waals surface area (Å²) in [6, 6.07) is 5.98. The van der Waals surface area contributed by atoms with Crippen molar-refractivity contribution in [1.82, 2.24) is 0 Å². The highest BCUT2D eigenvalue weighted by molar-refractivity contribution is 9.10. The molecule has 1 unspecified atom stereocenters. The highest BCUT2D eigenvalue weighted by Gasteiger charge is 2.12. The van der Waals surface area contributed by atoms with Crippen molar-refractivity contribution in [1.29, 1.82) is 0 Å². The monoisotopic (exact) mass is 327 g/mol. The van der Waals surface area contributed by atoms with E-state index < -0.39 is 5.97 Å². The molecule has 5 heteroatoms. The summed E-state index contributed by atoms with van der Waals surface area (Å²) in [5.41, 5.74) is 1.81. The van der Waals surface area contributed by atoms with Gasteiger partial charge in [-0.3, -0.25) is 0 Å². The molecule has 0 saturated carbocycles. The van der Waals surface area contributed by atoms with Crippen molar-refractivity contribution in [2.24, 2.45) is 0 Å². The van der Waals surface area contributed by atoms with E-state index in [0.717, 1.165) is 21.8 Å². The summed E-state index contributed by atoms with van der Waals surface area (Å²) in [6.07, 6.45) is 2.73. The number of hydrogen-bond acceptors (Lipinski definition) is 3. The van der Waals surface area contributed by atoms with Crippen molar-refractivity contribution < 1.29 is 14.6 Å². The summed E-state index contributed by atoms with van der Waals surface area (Å²) in [6.45, 7) is 2.66. The average molecular weight is 328 g/mol. The van der Waals surface area contributed by atoms with E-state index in [4.69, 9.17) is 9.84 Å². The van der Waals surface area contributed by atoms with Gasteiger partial charge >= 0.3 is 5.97 Å². The van der Waals surface area contributed by atoms with Crippen LogP contribution in [0.5, 0.6) is 0 Å². The normalized spacial score (nSPS) is 12.6. The molecule has 19 heavy (non-hydrogen) atoms. The molecule has 1 atom stereocenters. The maximum Gasteiger partial charge on any atom is 0.328 e. The van der Waals surface area contributed by atoms with Gasteiger partial charge in [-0.05, 0) is 36.8 Å². The Morgan fingerprint density at radius 2 is 2.26 bits per heavy atom. The number of carboxylic acid groups (broad SMARTS) is 1. The maximum absolute atomic E-state index is 10.6. The lowest BCUT2D eigenvalue weighted by atomic mass is 10.1. The molecule has 0 aromatic heterocycles. The number of carboxylic acids is 1. The fourth-order valence-corrected chi connectivity index (χ4v) is 2.11. The molecular weight excluding hydrogens is 310 g/mol. The fourth-order valence-electron chi connectivity index (χ4n) is 1.73. The summed E-state index contributed by atoms with van der Waals surface area (Å²) >= 11 is 3.40. The van der Waals surface area contributed by atoms with E-state index in [-0.39, 0.29) is 6.04 Å². The van der Waals surface area contributed by atoms with Crippen LogP contribution in [0, 0.1) is 0 Å². The first-order valence-electron chi connectivity index (χ1n) is 5.88. The largest absolute Gasteiger partial charge is 0.478 e. The predicted molar refractivity (Wildman–Crippen MR) is 80.6 cm³/mol. The van der Waals surface area contributed by atoms with Crippen LogP contribution in [0.1, 0.15) is 12.5 Å². The zero-order chi connectivity index (χ0) is 14.4. The van der Waals surface area contributed by atoms with Gasteiger partial charge in [-0.15, -0.1) is 0 Å². The maximum atomic E-state index is 10.6. The van der Waals surface area contributed by atoms with Crippen LogP contribution in [0.25, 0.3) is 6.08 Å². The van der Waals surface area contributed by atoms with Crippen molar-refractivity contribution in [3.05, 3.63) is 34.3 Å². The molecule has 0 radical (unpaired) electrons. The number of nitrogens with zero attached hydrogens (tertiary/aromatic N) is 1. The molecule has 1 rings (SSSR count). The van der Waals surface area contributed by atoms with Crippen LogP contribution in [0.15, 0.2) is 28.7 Å². The average Bonchev–Trinajstić information content (AvgIpc) is 2.36. The molecule has 0 amide bonds. The van der Waals surface area contributed by atoms with E-state index in [1.165, 1.54) is 0 Å². The van der Waals surface area contributed by atoms with Gasteiger partial charge in [0.15, 0.2) is 0 Å². The second kappa shape index (κ2) is 7.31. The summed E-state index contributed by atoms with van der Waals surface area (Å²) in [4.78, 5) is 12.7. The first-order valence-corrected chi connectivity index (χ1v) is 6.67. The summed E-state index contributed by atoms with van der Waals surface area (Å²) in [5.74, 6) is -0.960. The number of hydrogen-bond donors (Lipinski definition) is 1. The lowest BCUT2D eigenvalue weighted by molar-refractivity contribution is -0.131. The van der Waals surface area contributed by atoms with Crippen molar-refractivity contribution in [2.75, 3.05) is 25.7 Å². The number of benzene rings is 1. The van der Waals surface area contributed by atoms with Gasteiger partial charge in [0.2, 0.25) is 0 Å². The molecule has 0 bridgehead atoms. The zero-order valence-electron chi connectivity index (χ0n) is 11.3. The number of aliphatic carboxylic acids is 1. The Morgan fingerprint density at radius 1 is 1.58 bits per heavy atom. The number of ether oxygens (including phenoxy) is 1. The predicted octanol–water partition coefficient (Wildman–Crippen LogP) is 3.02. The minimum absolute atomic E-state index is 0.197. The molecule has 0 saturated heterocycles. The molecule has 0 heterocycles. The first-order chi connectivity index (χ1) is 8.95. The lowest BCUT2D eigenvalue weighted by Gasteiger charge is -2.28. The van der Waals surface area contributed by atoms with Gasteiger partial charge in [0.05, 0.1) is 6.61 Å². The van der Waals surface area contributed by atoms with E-state index in [2.05, 4.69) is 27.8 Å². The second-order valence-corrected chi connectivity index (χ2v) is 5.21. The van der Waals surface area contributed by atoms with E-state index in [0.29, 0.717) is 6.61 Å². The smallest absolute Gasteiger partial charge is 0.328 e. The minimum atomic E-state index is -0.960. The number of rotatable bonds is 6. The SMILES string of the molecule is COCC(C)N(C)c1ccc(Br)cc1/C=C/C(=O)O. The molecule has 1 N–H and O–H groups in total. The Balaban J connectivity index is 3.08. The van der Waals surface area contributed by atoms with E-state index >= 15 is 0 Å². The Labute approximate surface area is 121 Å². The fraction of sp³-hybridized carbons (Fsp3) is 0.357. The van der Waals surface area contributed by atoms with Crippen LogP contribution in [0.4, 0.5) is 5.69 Å². The number of carbonyl (C=O) groups is 1. The van der Waals surface area contributed by atoms with Gasteiger partial charge in [-0.1, -0.05) is 15.9 Å². The Kier molecular flexibility index (Phi) is 6.05. The third kappa shape index (κ3) is 4.69.